The SMILES string of the molecule is COCCNCc1ccc(SCCSC)cc1. The van der Waals surface area contributed by atoms with Crippen LogP contribution in [0.25, 0.3) is 0 Å². The van der Waals surface area contributed by atoms with Gasteiger partial charge >= 0.3 is 0 Å². The summed E-state index contributed by atoms with van der Waals surface area (Å²) in [5.74, 6) is 2.40. The van der Waals surface area contributed by atoms with E-state index in [1.165, 1.54) is 22.0 Å². The molecular weight excluding hydrogens is 250 g/mol. The fraction of sp³-hybridized carbons (Fsp3) is 0.538. The molecule has 0 fully saturated rings. The van der Waals surface area contributed by atoms with Crippen LogP contribution < -0.4 is 5.32 Å². The Morgan fingerprint density at radius 1 is 1.18 bits per heavy atom. The molecule has 0 heterocycles. The topological polar surface area (TPSA) is 21.3 Å². The highest BCUT2D eigenvalue weighted by Crippen LogP contribution is 2.19. The van der Waals surface area contributed by atoms with Crippen LogP contribution in [-0.4, -0.2) is 38.0 Å². The van der Waals surface area contributed by atoms with Gasteiger partial charge in [0.25, 0.3) is 0 Å². The Bertz CT molecular complexity index is 290. The van der Waals surface area contributed by atoms with E-state index in [2.05, 4.69) is 35.8 Å². The summed E-state index contributed by atoms with van der Waals surface area (Å²) in [4.78, 5) is 1.36. The van der Waals surface area contributed by atoms with Gasteiger partial charge in [0.2, 0.25) is 0 Å². The molecule has 0 aliphatic carbocycles. The number of nitrogens with one attached hydrogen (secondary N) is 1. The van der Waals surface area contributed by atoms with Crippen molar-refractivity contribution in [3.8, 4) is 0 Å². The molecule has 4 heteroatoms. The molecule has 1 aromatic carbocycles. The molecule has 1 aromatic rings. The van der Waals surface area contributed by atoms with Crippen LogP contribution in [0.3, 0.4) is 0 Å². The van der Waals surface area contributed by atoms with Gasteiger partial charge in [-0.15, -0.1) is 11.8 Å². The predicted octanol–water partition coefficient (Wildman–Crippen LogP) is 2.88. The van der Waals surface area contributed by atoms with Gasteiger partial charge in [0.05, 0.1) is 6.61 Å². The highest BCUT2D eigenvalue weighted by Gasteiger charge is 1.95. The molecule has 0 amide bonds. The summed E-state index contributed by atoms with van der Waals surface area (Å²) in [6.45, 7) is 2.59. The zero-order valence-electron chi connectivity index (χ0n) is 10.6. The molecule has 0 aliphatic heterocycles. The highest BCUT2D eigenvalue weighted by atomic mass is 32.2. The largest absolute Gasteiger partial charge is 0.383 e. The Morgan fingerprint density at radius 2 is 1.94 bits per heavy atom. The van der Waals surface area contributed by atoms with Gasteiger partial charge in [-0.05, 0) is 24.0 Å². The van der Waals surface area contributed by atoms with Crippen LogP contribution in [0.15, 0.2) is 29.2 Å². The molecule has 0 unspecified atom stereocenters. The van der Waals surface area contributed by atoms with Gasteiger partial charge in [-0.25, -0.2) is 0 Å². The van der Waals surface area contributed by atoms with Gasteiger partial charge in [0.15, 0.2) is 0 Å². The number of methoxy groups -OCH3 is 1. The Kier molecular flexibility index (Phi) is 8.61. The lowest BCUT2D eigenvalue weighted by atomic mass is 10.2. The molecule has 0 saturated heterocycles. The van der Waals surface area contributed by atoms with Crippen LogP contribution in [0.5, 0.6) is 0 Å². The van der Waals surface area contributed by atoms with Gasteiger partial charge in [-0.1, -0.05) is 12.1 Å². The Hall–Kier alpha value is -0.160. The Labute approximate surface area is 113 Å². The van der Waals surface area contributed by atoms with Gasteiger partial charge < -0.3 is 10.1 Å². The third-order valence-electron chi connectivity index (χ3n) is 2.29. The normalized spacial score (nSPS) is 10.7. The highest BCUT2D eigenvalue weighted by molar-refractivity contribution is 8.02. The van der Waals surface area contributed by atoms with E-state index in [-0.39, 0.29) is 0 Å². The maximum Gasteiger partial charge on any atom is 0.0587 e. The summed E-state index contributed by atoms with van der Waals surface area (Å²) in [5, 5.41) is 3.34. The molecule has 2 nitrogen and oxygen atoms in total. The van der Waals surface area contributed by atoms with Gasteiger partial charge in [-0.2, -0.15) is 11.8 Å². The van der Waals surface area contributed by atoms with Crippen molar-refractivity contribution >= 4 is 23.5 Å². The molecule has 96 valence electrons. The minimum absolute atomic E-state index is 0.766. The quantitative estimate of drug-likeness (QED) is 0.550. The van der Waals surface area contributed by atoms with Crippen molar-refractivity contribution in [2.75, 3.05) is 38.0 Å². The summed E-state index contributed by atoms with van der Waals surface area (Å²) in [5.41, 5.74) is 1.33. The van der Waals surface area contributed by atoms with E-state index in [4.69, 9.17) is 4.74 Å². The summed E-state index contributed by atoms with van der Waals surface area (Å²) in [6, 6.07) is 8.80. The van der Waals surface area contributed by atoms with E-state index in [1.54, 1.807) is 7.11 Å². The van der Waals surface area contributed by atoms with Crippen molar-refractivity contribution in [2.45, 2.75) is 11.4 Å². The fourth-order valence-electron chi connectivity index (χ4n) is 1.35. The van der Waals surface area contributed by atoms with Crippen LogP contribution in [0, 0.1) is 0 Å². The number of hydrogen-bond donors (Lipinski definition) is 1. The third-order valence-corrected chi connectivity index (χ3v) is 4.18. The molecule has 0 aromatic heterocycles. The second kappa shape index (κ2) is 9.83. The van der Waals surface area contributed by atoms with Gasteiger partial charge in [0.1, 0.15) is 0 Å². The minimum atomic E-state index is 0.766. The van der Waals surface area contributed by atoms with E-state index in [9.17, 15) is 0 Å². The lowest BCUT2D eigenvalue weighted by Crippen LogP contribution is -2.18. The zero-order chi connectivity index (χ0) is 12.3. The molecule has 1 N–H and O–H groups in total. The maximum atomic E-state index is 4.99. The summed E-state index contributed by atoms with van der Waals surface area (Å²) in [6.07, 6.45) is 2.15. The van der Waals surface area contributed by atoms with Crippen molar-refractivity contribution in [3.63, 3.8) is 0 Å². The van der Waals surface area contributed by atoms with E-state index in [0.29, 0.717) is 0 Å². The minimum Gasteiger partial charge on any atom is -0.383 e. The van der Waals surface area contributed by atoms with E-state index < -0.39 is 0 Å². The monoisotopic (exact) mass is 271 g/mol. The number of rotatable bonds is 9. The smallest absolute Gasteiger partial charge is 0.0587 e. The molecule has 0 atom stereocenters. The number of benzene rings is 1. The van der Waals surface area contributed by atoms with Crippen LogP contribution in [0.1, 0.15) is 5.56 Å². The van der Waals surface area contributed by atoms with E-state index in [0.717, 1.165) is 19.7 Å². The van der Waals surface area contributed by atoms with Crippen molar-refractivity contribution in [1.82, 2.24) is 5.32 Å². The number of ether oxygens (including phenoxy) is 1. The van der Waals surface area contributed by atoms with Crippen molar-refractivity contribution in [1.29, 1.82) is 0 Å². The van der Waals surface area contributed by atoms with Gasteiger partial charge in [-0.3, -0.25) is 0 Å². The zero-order valence-corrected chi connectivity index (χ0v) is 12.2. The summed E-state index contributed by atoms with van der Waals surface area (Å²) in [7, 11) is 1.72. The van der Waals surface area contributed by atoms with Crippen LogP contribution in [0.4, 0.5) is 0 Å². The van der Waals surface area contributed by atoms with Crippen molar-refractivity contribution < 1.29 is 4.74 Å². The first-order valence-corrected chi connectivity index (χ1v) is 8.15. The van der Waals surface area contributed by atoms with E-state index in [1.807, 2.05) is 23.5 Å². The van der Waals surface area contributed by atoms with E-state index >= 15 is 0 Å². The molecule has 0 saturated carbocycles. The maximum absolute atomic E-state index is 4.99. The lowest BCUT2D eigenvalue weighted by molar-refractivity contribution is 0.199. The lowest BCUT2D eigenvalue weighted by Gasteiger charge is -2.05. The fourth-order valence-corrected chi connectivity index (χ4v) is 2.92. The van der Waals surface area contributed by atoms with Crippen LogP contribution in [-0.2, 0) is 11.3 Å². The third kappa shape index (κ3) is 6.99. The second-order valence-corrected chi connectivity index (χ2v) is 5.81. The molecule has 1 rings (SSSR count). The standard InChI is InChI=1S/C13H21NOS2/c1-15-8-7-14-11-12-3-5-13(6-4-12)17-10-9-16-2/h3-6,14H,7-11H2,1-2H3. The predicted molar refractivity (Wildman–Crippen MR) is 79.1 cm³/mol. The molecule has 0 radical (unpaired) electrons. The molecule has 0 spiro atoms. The second-order valence-electron chi connectivity index (χ2n) is 3.65. The molecular formula is C13H21NOS2. The van der Waals surface area contributed by atoms with Gasteiger partial charge in [0, 0.05) is 36.6 Å². The average Bonchev–Trinajstić information content (AvgIpc) is 2.37. The number of thioether (sulfide) groups is 2. The summed E-state index contributed by atoms with van der Waals surface area (Å²) < 4.78 is 4.99. The van der Waals surface area contributed by atoms with Crippen molar-refractivity contribution in [2.24, 2.45) is 0 Å². The Morgan fingerprint density at radius 3 is 2.59 bits per heavy atom. The van der Waals surface area contributed by atoms with Crippen molar-refractivity contribution in [3.05, 3.63) is 29.8 Å². The first-order chi connectivity index (χ1) is 8.36. The molecule has 0 bridgehead atoms. The first-order valence-electron chi connectivity index (χ1n) is 5.77. The van der Waals surface area contributed by atoms with Crippen LogP contribution >= 0.6 is 23.5 Å². The average molecular weight is 271 g/mol. The summed E-state index contributed by atoms with van der Waals surface area (Å²) >= 11 is 3.82. The van der Waals surface area contributed by atoms with Crippen LogP contribution in [0.2, 0.25) is 0 Å². The number of hydrogen-bond acceptors (Lipinski definition) is 4. The Balaban J connectivity index is 2.24. The first kappa shape index (κ1) is 14.9. The molecule has 17 heavy (non-hydrogen) atoms. The molecule has 0 aliphatic rings.